The Balaban J connectivity index is 1.76. The minimum Gasteiger partial charge on any atom is -0.381 e. The van der Waals surface area contributed by atoms with Crippen molar-refractivity contribution in [2.45, 2.75) is 13.0 Å². The van der Waals surface area contributed by atoms with Crippen LogP contribution in [-0.2, 0) is 11.3 Å². The predicted molar refractivity (Wildman–Crippen MR) is 63.7 cm³/mol. The van der Waals surface area contributed by atoms with Crippen LogP contribution in [0.5, 0.6) is 0 Å². The Labute approximate surface area is 99.9 Å². The summed E-state index contributed by atoms with van der Waals surface area (Å²) in [5, 5.41) is 13.8. The van der Waals surface area contributed by atoms with Crippen molar-refractivity contribution in [2.75, 3.05) is 19.8 Å². The topological polar surface area (TPSA) is 64.4 Å². The van der Waals surface area contributed by atoms with Crippen LogP contribution in [0.4, 0.5) is 5.69 Å². The lowest BCUT2D eigenvalue weighted by Gasteiger charge is -2.09. The van der Waals surface area contributed by atoms with Crippen LogP contribution in [0.15, 0.2) is 24.3 Å². The fourth-order valence-corrected chi connectivity index (χ4v) is 1.90. The summed E-state index contributed by atoms with van der Waals surface area (Å²) in [6.45, 7) is 3.39. The summed E-state index contributed by atoms with van der Waals surface area (Å²) in [5.74, 6) is 0.605. The van der Waals surface area contributed by atoms with Gasteiger partial charge in [-0.3, -0.25) is 10.1 Å². The van der Waals surface area contributed by atoms with E-state index in [9.17, 15) is 10.1 Å². The molecule has 0 aliphatic carbocycles. The lowest BCUT2D eigenvalue weighted by atomic mass is 10.1. The largest absolute Gasteiger partial charge is 0.381 e. The average molecular weight is 236 g/mol. The minimum absolute atomic E-state index is 0.137. The van der Waals surface area contributed by atoms with Gasteiger partial charge in [0.15, 0.2) is 0 Å². The van der Waals surface area contributed by atoms with Gasteiger partial charge in [-0.15, -0.1) is 0 Å². The number of rotatable bonds is 5. The number of nitrogens with one attached hydrogen (secondary N) is 1. The molecule has 1 fully saturated rings. The van der Waals surface area contributed by atoms with E-state index in [1.807, 2.05) is 0 Å². The van der Waals surface area contributed by atoms with Crippen molar-refractivity contribution in [1.29, 1.82) is 0 Å². The van der Waals surface area contributed by atoms with Crippen LogP contribution in [0.3, 0.4) is 0 Å². The SMILES string of the molecule is O=[N+]([O-])c1ccc(CNCC2CCOC2)cc1. The van der Waals surface area contributed by atoms with Crippen LogP contribution < -0.4 is 5.32 Å². The van der Waals surface area contributed by atoms with E-state index >= 15 is 0 Å². The van der Waals surface area contributed by atoms with Gasteiger partial charge in [0, 0.05) is 31.8 Å². The molecule has 1 N–H and O–H groups in total. The molecule has 1 aromatic rings. The Morgan fingerprint density at radius 1 is 1.41 bits per heavy atom. The van der Waals surface area contributed by atoms with Gasteiger partial charge in [-0.2, -0.15) is 0 Å². The molecule has 1 aliphatic heterocycles. The average Bonchev–Trinajstić information content (AvgIpc) is 2.83. The molecule has 92 valence electrons. The molecule has 0 radical (unpaired) electrons. The highest BCUT2D eigenvalue weighted by atomic mass is 16.6. The first kappa shape index (κ1) is 12.0. The van der Waals surface area contributed by atoms with Gasteiger partial charge in [-0.25, -0.2) is 0 Å². The van der Waals surface area contributed by atoms with Gasteiger partial charge in [-0.05, 0) is 17.9 Å². The van der Waals surface area contributed by atoms with Gasteiger partial charge in [0.1, 0.15) is 0 Å². The molecule has 5 heteroatoms. The second-order valence-corrected chi connectivity index (χ2v) is 4.28. The molecule has 0 bridgehead atoms. The Morgan fingerprint density at radius 3 is 2.76 bits per heavy atom. The summed E-state index contributed by atoms with van der Waals surface area (Å²) in [6, 6.07) is 6.65. The van der Waals surface area contributed by atoms with Crippen molar-refractivity contribution < 1.29 is 9.66 Å². The molecule has 0 amide bonds. The molecule has 1 aliphatic rings. The van der Waals surface area contributed by atoms with E-state index in [1.165, 1.54) is 12.1 Å². The number of nitro groups is 1. The fraction of sp³-hybridized carbons (Fsp3) is 0.500. The second-order valence-electron chi connectivity index (χ2n) is 4.28. The molecule has 17 heavy (non-hydrogen) atoms. The van der Waals surface area contributed by atoms with Gasteiger partial charge in [0.2, 0.25) is 0 Å². The summed E-state index contributed by atoms with van der Waals surface area (Å²) in [6.07, 6.45) is 1.12. The van der Waals surface area contributed by atoms with Crippen LogP contribution in [-0.4, -0.2) is 24.7 Å². The lowest BCUT2D eigenvalue weighted by Crippen LogP contribution is -2.22. The van der Waals surface area contributed by atoms with Crippen molar-refractivity contribution in [3.63, 3.8) is 0 Å². The van der Waals surface area contributed by atoms with Gasteiger partial charge in [0.05, 0.1) is 11.5 Å². The quantitative estimate of drug-likeness (QED) is 0.624. The molecule has 5 nitrogen and oxygen atoms in total. The van der Waals surface area contributed by atoms with Crippen molar-refractivity contribution in [2.24, 2.45) is 5.92 Å². The molecular weight excluding hydrogens is 220 g/mol. The summed E-state index contributed by atoms with van der Waals surface area (Å²) in [4.78, 5) is 10.1. The van der Waals surface area contributed by atoms with E-state index in [0.717, 1.165) is 38.3 Å². The standard InChI is InChI=1S/C12H16N2O3/c15-14(16)12-3-1-10(2-4-12)7-13-8-11-5-6-17-9-11/h1-4,11,13H,5-9H2. The Bertz CT molecular complexity index is 372. The minimum atomic E-state index is -0.382. The first-order valence-electron chi connectivity index (χ1n) is 5.77. The highest BCUT2D eigenvalue weighted by Crippen LogP contribution is 2.13. The zero-order valence-electron chi connectivity index (χ0n) is 9.59. The monoisotopic (exact) mass is 236 g/mol. The number of nitrogens with zero attached hydrogens (tertiary/aromatic N) is 1. The molecule has 1 aromatic carbocycles. The second kappa shape index (κ2) is 5.75. The Kier molecular flexibility index (Phi) is 4.06. The zero-order chi connectivity index (χ0) is 12.1. The molecule has 1 atom stereocenters. The Hall–Kier alpha value is -1.46. The van der Waals surface area contributed by atoms with Crippen LogP contribution in [0.25, 0.3) is 0 Å². The van der Waals surface area contributed by atoms with Gasteiger partial charge >= 0.3 is 0 Å². The van der Waals surface area contributed by atoms with Crippen LogP contribution in [0, 0.1) is 16.0 Å². The van der Waals surface area contributed by atoms with Crippen molar-refractivity contribution >= 4 is 5.69 Å². The van der Waals surface area contributed by atoms with Crippen LogP contribution in [0.1, 0.15) is 12.0 Å². The van der Waals surface area contributed by atoms with Crippen molar-refractivity contribution in [3.05, 3.63) is 39.9 Å². The van der Waals surface area contributed by atoms with E-state index < -0.39 is 0 Å². The molecule has 1 heterocycles. The van der Waals surface area contributed by atoms with Crippen molar-refractivity contribution in [3.8, 4) is 0 Å². The molecule has 0 saturated carbocycles. The first-order valence-corrected chi connectivity index (χ1v) is 5.77. The molecule has 0 spiro atoms. The number of non-ortho nitro benzene ring substituents is 1. The van der Waals surface area contributed by atoms with Gasteiger partial charge in [-0.1, -0.05) is 12.1 Å². The normalized spacial score (nSPS) is 19.4. The summed E-state index contributed by atoms with van der Waals surface area (Å²) in [7, 11) is 0. The predicted octanol–water partition coefficient (Wildman–Crippen LogP) is 1.72. The van der Waals surface area contributed by atoms with E-state index in [-0.39, 0.29) is 10.6 Å². The van der Waals surface area contributed by atoms with E-state index in [2.05, 4.69) is 5.32 Å². The van der Waals surface area contributed by atoms with E-state index in [1.54, 1.807) is 12.1 Å². The molecular formula is C12H16N2O3. The third-order valence-electron chi connectivity index (χ3n) is 2.93. The highest BCUT2D eigenvalue weighted by Gasteiger charge is 2.14. The third-order valence-corrected chi connectivity index (χ3v) is 2.93. The number of ether oxygens (including phenoxy) is 1. The molecule has 2 rings (SSSR count). The number of benzene rings is 1. The fourth-order valence-electron chi connectivity index (χ4n) is 1.90. The molecule has 1 unspecified atom stereocenters. The summed E-state index contributed by atoms with van der Waals surface area (Å²) < 4.78 is 5.29. The third kappa shape index (κ3) is 3.51. The lowest BCUT2D eigenvalue weighted by molar-refractivity contribution is -0.384. The maximum Gasteiger partial charge on any atom is 0.269 e. The number of hydrogen-bond acceptors (Lipinski definition) is 4. The molecule has 0 aromatic heterocycles. The van der Waals surface area contributed by atoms with Gasteiger partial charge < -0.3 is 10.1 Å². The Morgan fingerprint density at radius 2 is 2.18 bits per heavy atom. The highest BCUT2D eigenvalue weighted by molar-refractivity contribution is 5.32. The maximum atomic E-state index is 10.5. The van der Waals surface area contributed by atoms with Gasteiger partial charge in [0.25, 0.3) is 5.69 Å². The van der Waals surface area contributed by atoms with Crippen LogP contribution in [0.2, 0.25) is 0 Å². The van der Waals surface area contributed by atoms with E-state index in [4.69, 9.17) is 4.74 Å². The number of nitro benzene ring substituents is 1. The number of hydrogen-bond donors (Lipinski definition) is 1. The van der Waals surface area contributed by atoms with Crippen molar-refractivity contribution in [1.82, 2.24) is 5.32 Å². The maximum absolute atomic E-state index is 10.5. The zero-order valence-corrected chi connectivity index (χ0v) is 9.59. The van der Waals surface area contributed by atoms with E-state index in [0.29, 0.717) is 5.92 Å². The van der Waals surface area contributed by atoms with Crippen LogP contribution >= 0.6 is 0 Å². The molecule has 1 saturated heterocycles. The summed E-state index contributed by atoms with van der Waals surface area (Å²) in [5.41, 5.74) is 1.20. The smallest absolute Gasteiger partial charge is 0.269 e. The summed E-state index contributed by atoms with van der Waals surface area (Å²) >= 11 is 0. The first-order chi connectivity index (χ1) is 8.25.